The minimum Gasteiger partial charge on any atom is -0.497 e. The van der Waals surface area contributed by atoms with E-state index in [1.165, 1.54) is 11.1 Å². The number of anilines is 1. The van der Waals surface area contributed by atoms with Gasteiger partial charge in [0.1, 0.15) is 5.75 Å². The Kier molecular flexibility index (Phi) is 10.2. The number of hydrogen-bond donors (Lipinski definition) is 0. The quantitative estimate of drug-likeness (QED) is 0.406. The molecule has 0 atom stereocenters. The molecule has 0 unspecified atom stereocenters. The number of amides is 2. The van der Waals surface area contributed by atoms with Crippen molar-refractivity contribution in [1.29, 1.82) is 0 Å². The topological polar surface area (TPSA) is 56.3 Å². The molecule has 0 saturated heterocycles. The monoisotopic (exact) mass is 582 g/mol. The molecule has 2 aliphatic rings. The molecule has 0 fully saturated rings. The molecular formula is C36H46N4O3. The van der Waals surface area contributed by atoms with Crippen LogP contribution in [-0.4, -0.2) is 78.9 Å². The van der Waals surface area contributed by atoms with E-state index in [0.717, 1.165) is 67.1 Å². The van der Waals surface area contributed by atoms with Crippen LogP contribution in [0.25, 0.3) is 0 Å². The molecular weight excluding hydrogens is 536 g/mol. The summed E-state index contributed by atoms with van der Waals surface area (Å²) in [6.07, 6.45) is 2.14. The molecule has 0 aliphatic carbocycles. The number of rotatable bonds is 6. The van der Waals surface area contributed by atoms with Crippen LogP contribution in [0.15, 0.2) is 66.7 Å². The second-order valence-electron chi connectivity index (χ2n) is 12.2. The van der Waals surface area contributed by atoms with Gasteiger partial charge in [0.15, 0.2) is 0 Å². The summed E-state index contributed by atoms with van der Waals surface area (Å²) in [5, 5.41) is 0. The van der Waals surface area contributed by atoms with Crippen molar-refractivity contribution in [3.63, 3.8) is 0 Å². The lowest BCUT2D eigenvalue weighted by molar-refractivity contribution is -0.133. The molecule has 0 radical (unpaired) electrons. The zero-order chi connectivity index (χ0) is 30.3. The Morgan fingerprint density at radius 3 is 2.28 bits per heavy atom. The Bertz CT molecular complexity index is 1400. The van der Waals surface area contributed by atoms with E-state index < -0.39 is 0 Å². The smallest absolute Gasteiger partial charge is 0.237 e. The first-order valence-electron chi connectivity index (χ1n) is 15.6. The summed E-state index contributed by atoms with van der Waals surface area (Å²) in [4.78, 5) is 36.7. The lowest BCUT2D eigenvalue weighted by Gasteiger charge is -2.33. The first-order valence-corrected chi connectivity index (χ1v) is 15.6. The maximum Gasteiger partial charge on any atom is 0.237 e. The number of carbonyl (C=O) groups excluding carboxylic acids is 2. The van der Waals surface area contributed by atoms with Gasteiger partial charge in [0.2, 0.25) is 11.8 Å². The summed E-state index contributed by atoms with van der Waals surface area (Å²) in [6, 6.07) is 22.8. The summed E-state index contributed by atoms with van der Waals surface area (Å²) in [6.45, 7) is 12.1. The molecule has 228 valence electrons. The van der Waals surface area contributed by atoms with Gasteiger partial charge in [0.05, 0.1) is 25.8 Å². The van der Waals surface area contributed by atoms with Crippen LogP contribution >= 0.6 is 0 Å². The van der Waals surface area contributed by atoms with E-state index in [-0.39, 0.29) is 11.8 Å². The fourth-order valence-corrected chi connectivity index (χ4v) is 6.40. The first kappa shape index (κ1) is 30.8. The summed E-state index contributed by atoms with van der Waals surface area (Å²) in [5.41, 5.74) is 6.69. The van der Waals surface area contributed by atoms with Crippen molar-refractivity contribution in [3.05, 3.63) is 94.5 Å². The fourth-order valence-electron chi connectivity index (χ4n) is 6.40. The minimum absolute atomic E-state index is 0.0703. The van der Waals surface area contributed by atoms with Gasteiger partial charge in [-0.2, -0.15) is 0 Å². The Balaban J connectivity index is 1.41. The van der Waals surface area contributed by atoms with E-state index in [0.29, 0.717) is 38.6 Å². The molecule has 0 spiro atoms. The molecule has 0 aromatic heterocycles. The van der Waals surface area contributed by atoms with Crippen LogP contribution in [0, 0.1) is 6.92 Å². The first-order chi connectivity index (χ1) is 20.8. The third-order valence-corrected chi connectivity index (χ3v) is 8.90. The predicted molar refractivity (Wildman–Crippen MR) is 172 cm³/mol. The maximum atomic E-state index is 14.0. The highest BCUT2D eigenvalue weighted by atomic mass is 16.5. The van der Waals surface area contributed by atoms with Crippen LogP contribution in [0.5, 0.6) is 5.75 Å². The molecule has 0 bridgehead atoms. The maximum absolute atomic E-state index is 14.0. The molecule has 5 rings (SSSR count). The van der Waals surface area contributed by atoms with Crippen molar-refractivity contribution in [2.75, 3.05) is 51.3 Å². The predicted octanol–water partition coefficient (Wildman–Crippen LogP) is 5.08. The van der Waals surface area contributed by atoms with Crippen molar-refractivity contribution in [2.45, 2.75) is 59.2 Å². The van der Waals surface area contributed by atoms with Crippen LogP contribution in [0.2, 0.25) is 0 Å². The summed E-state index contributed by atoms with van der Waals surface area (Å²) in [5.74, 6) is 0.992. The average molecular weight is 583 g/mol. The zero-order valence-electron chi connectivity index (χ0n) is 26.2. The van der Waals surface area contributed by atoms with Crippen molar-refractivity contribution in [3.8, 4) is 5.75 Å². The van der Waals surface area contributed by atoms with Gasteiger partial charge in [-0.1, -0.05) is 54.6 Å². The van der Waals surface area contributed by atoms with E-state index in [4.69, 9.17) is 4.74 Å². The second-order valence-corrected chi connectivity index (χ2v) is 12.2. The molecule has 43 heavy (non-hydrogen) atoms. The van der Waals surface area contributed by atoms with Crippen LogP contribution in [-0.2, 0) is 35.5 Å². The number of methoxy groups -OCH3 is 1. The number of aryl methyl sites for hydroxylation is 1. The SMILES string of the molecule is COc1ccc(CC(=O)N2CCCN(C(C)C)CCN(C(=O)CN3CCc4ccccc4C3)Cc3cccc(C)c32)cc1. The van der Waals surface area contributed by atoms with Crippen molar-refractivity contribution in [1.82, 2.24) is 14.7 Å². The van der Waals surface area contributed by atoms with E-state index >= 15 is 0 Å². The molecule has 7 heteroatoms. The molecule has 7 nitrogen and oxygen atoms in total. The van der Waals surface area contributed by atoms with Gasteiger partial charge in [-0.05, 0) is 73.6 Å². The molecule has 0 N–H and O–H groups in total. The van der Waals surface area contributed by atoms with Crippen molar-refractivity contribution >= 4 is 17.5 Å². The lowest BCUT2D eigenvalue weighted by Crippen LogP contribution is -2.45. The standard InChI is InChI=1S/C36H46N4O3/c1-27(2)38-18-8-19-40(34(41)23-29-13-15-33(43-4)16-14-29)36-28(3)9-7-12-32(36)25-39(22-21-38)35(42)26-37-20-17-30-10-5-6-11-31(30)24-37/h5-7,9-16,27H,8,17-26H2,1-4H3. The van der Waals surface area contributed by atoms with E-state index in [1.807, 2.05) is 40.1 Å². The third-order valence-electron chi connectivity index (χ3n) is 8.90. The van der Waals surface area contributed by atoms with E-state index in [9.17, 15) is 9.59 Å². The average Bonchev–Trinajstić information content (AvgIpc) is 3.04. The second kappa shape index (κ2) is 14.2. The minimum atomic E-state index is 0.0703. The molecule has 0 saturated carbocycles. The van der Waals surface area contributed by atoms with E-state index in [2.05, 4.69) is 67.0 Å². The molecule has 2 aliphatic heterocycles. The number of nitrogens with zero attached hydrogens (tertiary/aromatic N) is 4. The van der Waals surface area contributed by atoms with Crippen LogP contribution < -0.4 is 9.64 Å². The van der Waals surface area contributed by atoms with Crippen LogP contribution in [0.4, 0.5) is 5.69 Å². The number of benzene rings is 3. The van der Waals surface area contributed by atoms with E-state index in [1.54, 1.807) is 7.11 Å². The highest BCUT2D eigenvalue weighted by Gasteiger charge is 2.27. The Hall–Kier alpha value is -3.68. The zero-order valence-corrected chi connectivity index (χ0v) is 26.2. The van der Waals surface area contributed by atoms with Gasteiger partial charge in [0, 0.05) is 51.9 Å². The van der Waals surface area contributed by atoms with Gasteiger partial charge in [-0.25, -0.2) is 0 Å². The van der Waals surface area contributed by atoms with Crippen LogP contribution in [0.1, 0.15) is 48.1 Å². The van der Waals surface area contributed by atoms with Gasteiger partial charge in [-0.3, -0.25) is 19.4 Å². The van der Waals surface area contributed by atoms with Gasteiger partial charge in [-0.15, -0.1) is 0 Å². The number of hydrogen-bond acceptors (Lipinski definition) is 5. The van der Waals surface area contributed by atoms with Crippen LogP contribution in [0.3, 0.4) is 0 Å². The number of ether oxygens (including phenoxy) is 1. The molecule has 3 aromatic rings. The normalized spacial score (nSPS) is 16.8. The number of fused-ring (bicyclic) bond motifs is 2. The van der Waals surface area contributed by atoms with Gasteiger partial charge < -0.3 is 14.5 Å². The highest BCUT2D eigenvalue weighted by molar-refractivity contribution is 5.96. The molecule has 3 aromatic carbocycles. The largest absolute Gasteiger partial charge is 0.497 e. The van der Waals surface area contributed by atoms with Gasteiger partial charge in [0.25, 0.3) is 0 Å². The Morgan fingerprint density at radius 1 is 0.791 bits per heavy atom. The summed E-state index contributed by atoms with van der Waals surface area (Å²) < 4.78 is 5.31. The van der Waals surface area contributed by atoms with Crippen molar-refractivity contribution < 1.29 is 14.3 Å². The van der Waals surface area contributed by atoms with Crippen molar-refractivity contribution in [2.24, 2.45) is 0 Å². The molecule has 2 amide bonds. The highest BCUT2D eigenvalue weighted by Crippen LogP contribution is 2.29. The van der Waals surface area contributed by atoms with Gasteiger partial charge >= 0.3 is 0 Å². The third kappa shape index (κ3) is 7.64. The summed E-state index contributed by atoms with van der Waals surface area (Å²) >= 11 is 0. The lowest BCUT2D eigenvalue weighted by atomic mass is 10.00. The molecule has 2 heterocycles. The Labute approximate surface area is 257 Å². The number of para-hydroxylation sites is 1. The summed E-state index contributed by atoms with van der Waals surface area (Å²) in [7, 11) is 1.65. The Morgan fingerprint density at radius 2 is 1.53 bits per heavy atom. The number of carbonyl (C=O) groups is 2. The fraction of sp³-hybridized carbons (Fsp3) is 0.444.